The Labute approximate surface area is 121 Å². The molecule has 1 aromatic carbocycles. The van der Waals surface area contributed by atoms with Crippen LogP contribution in [-0.4, -0.2) is 26.0 Å². The molecule has 0 saturated heterocycles. The highest BCUT2D eigenvalue weighted by Crippen LogP contribution is 2.34. The first-order valence-corrected chi connectivity index (χ1v) is 8.08. The van der Waals surface area contributed by atoms with Crippen LogP contribution in [0.25, 0.3) is 0 Å². The molecule has 0 aromatic heterocycles. The Balaban J connectivity index is 2.20. The van der Waals surface area contributed by atoms with Gasteiger partial charge < -0.3 is 11.1 Å². The molecule has 0 radical (unpaired) electrons. The largest absolute Gasteiger partial charge is 0.501 e. The smallest absolute Gasteiger partial charge is 0.378 e. The molecule has 4 nitrogen and oxygen atoms in total. The Morgan fingerprint density at radius 2 is 1.67 bits per heavy atom. The summed E-state index contributed by atoms with van der Waals surface area (Å²) < 4.78 is 59.9. The number of rotatable bonds is 4. The number of alkyl halides is 3. The van der Waals surface area contributed by atoms with Gasteiger partial charge in [-0.25, -0.2) is 8.42 Å². The number of benzene rings is 1. The quantitative estimate of drug-likeness (QED) is 0.894. The standard InChI is InChI=1S/C13H17F3N2O2S/c14-13(15,16)21(19,20)11-5-3-10(4-6-11)18-12(9-17)7-1-2-8-12/h3-6,18H,1-2,7-9,17H2. The highest BCUT2D eigenvalue weighted by atomic mass is 32.2. The summed E-state index contributed by atoms with van der Waals surface area (Å²) in [6.45, 7) is 0.426. The van der Waals surface area contributed by atoms with Gasteiger partial charge in [0.1, 0.15) is 0 Å². The zero-order chi connectivity index (χ0) is 15.7. The van der Waals surface area contributed by atoms with Gasteiger partial charge in [-0.05, 0) is 37.1 Å². The topological polar surface area (TPSA) is 72.2 Å². The van der Waals surface area contributed by atoms with Gasteiger partial charge in [-0.2, -0.15) is 13.2 Å². The van der Waals surface area contributed by atoms with Crippen molar-refractivity contribution in [3.63, 3.8) is 0 Å². The third-order valence-corrected chi connectivity index (χ3v) is 5.33. The number of nitrogens with one attached hydrogen (secondary N) is 1. The van der Waals surface area contributed by atoms with Crippen LogP contribution in [0.1, 0.15) is 25.7 Å². The lowest BCUT2D eigenvalue weighted by Gasteiger charge is -2.30. The average Bonchev–Trinajstić information content (AvgIpc) is 2.87. The van der Waals surface area contributed by atoms with E-state index < -0.39 is 20.2 Å². The predicted molar refractivity (Wildman–Crippen MR) is 73.6 cm³/mol. The van der Waals surface area contributed by atoms with Crippen molar-refractivity contribution in [3.8, 4) is 0 Å². The normalized spacial score (nSPS) is 18.7. The van der Waals surface area contributed by atoms with E-state index in [9.17, 15) is 21.6 Å². The number of halogens is 3. The Morgan fingerprint density at radius 1 is 1.14 bits per heavy atom. The fraction of sp³-hybridized carbons (Fsp3) is 0.538. The second-order valence-electron chi connectivity index (χ2n) is 5.29. The van der Waals surface area contributed by atoms with Crippen LogP contribution >= 0.6 is 0 Å². The fourth-order valence-electron chi connectivity index (χ4n) is 2.59. The van der Waals surface area contributed by atoms with Crippen molar-refractivity contribution in [1.82, 2.24) is 0 Å². The summed E-state index contributed by atoms with van der Waals surface area (Å²) in [6.07, 6.45) is 3.88. The maximum Gasteiger partial charge on any atom is 0.501 e. The molecule has 0 spiro atoms. The Morgan fingerprint density at radius 3 is 2.10 bits per heavy atom. The van der Waals surface area contributed by atoms with E-state index in [4.69, 9.17) is 5.73 Å². The molecule has 1 fully saturated rings. The Hall–Kier alpha value is -1.28. The summed E-state index contributed by atoms with van der Waals surface area (Å²) in [7, 11) is -5.29. The first-order chi connectivity index (χ1) is 9.70. The van der Waals surface area contributed by atoms with Crippen LogP contribution in [0.15, 0.2) is 29.2 Å². The monoisotopic (exact) mass is 322 g/mol. The van der Waals surface area contributed by atoms with Crippen LogP contribution in [0, 0.1) is 0 Å². The molecule has 0 amide bonds. The van der Waals surface area contributed by atoms with Gasteiger partial charge in [0.15, 0.2) is 0 Å². The van der Waals surface area contributed by atoms with E-state index in [0.717, 1.165) is 37.8 Å². The van der Waals surface area contributed by atoms with Crippen LogP contribution in [0.4, 0.5) is 18.9 Å². The van der Waals surface area contributed by atoms with Crippen LogP contribution in [0.3, 0.4) is 0 Å². The molecule has 21 heavy (non-hydrogen) atoms. The number of sulfone groups is 1. The number of hydrogen-bond donors (Lipinski definition) is 2. The molecular weight excluding hydrogens is 305 g/mol. The molecule has 0 atom stereocenters. The number of anilines is 1. The van der Waals surface area contributed by atoms with Crippen molar-refractivity contribution in [2.75, 3.05) is 11.9 Å². The van der Waals surface area contributed by atoms with E-state index >= 15 is 0 Å². The number of nitrogens with two attached hydrogens (primary N) is 1. The third kappa shape index (κ3) is 3.16. The molecule has 3 N–H and O–H groups in total. The van der Waals surface area contributed by atoms with Gasteiger partial charge in [0, 0.05) is 17.8 Å². The van der Waals surface area contributed by atoms with E-state index in [1.54, 1.807) is 0 Å². The zero-order valence-electron chi connectivity index (χ0n) is 11.3. The lowest BCUT2D eigenvalue weighted by molar-refractivity contribution is -0.0436. The summed E-state index contributed by atoms with van der Waals surface area (Å²) in [4.78, 5) is -0.756. The van der Waals surface area contributed by atoms with Crippen molar-refractivity contribution in [1.29, 1.82) is 0 Å². The molecule has 1 saturated carbocycles. The van der Waals surface area contributed by atoms with Crippen molar-refractivity contribution in [3.05, 3.63) is 24.3 Å². The Kier molecular flexibility index (Phi) is 4.21. The van der Waals surface area contributed by atoms with E-state index in [0.29, 0.717) is 12.2 Å². The first-order valence-electron chi connectivity index (χ1n) is 6.60. The SMILES string of the molecule is NCC1(Nc2ccc(S(=O)(=O)C(F)(F)F)cc2)CCCC1. The highest BCUT2D eigenvalue weighted by Gasteiger charge is 2.46. The minimum Gasteiger partial charge on any atom is -0.378 e. The van der Waals surface area contributed by atoms with Crippen molar-refractivity contribution >= 4 is 15.5 Å². The van der Waals surface area contributed by atoms with Crippen molar-refractivity contribution < 1.29 is 21.6 Å². The molecule has 2 rings (SSSR count). The highest BCUT2D eigenvalue weighted by molar-refractivity contribution is 7.92. The van der Waals surface area contributed by atoms with Gasteiger partial charge >= 0.3 is 5.51 Å². The van der Waals surface area contributed by atoms with E-state index in [1.165, 1.54) is 12.1 Å². The molecule has 1 aromatic rings. The van der Waals surface area contributed by atoms with Crippen molar-refractivity contribution in [2.24, 2.45) is 5.73 Å². The maximum absolute atomic E-state index is 12.4. The molecule has 118 valence electrons. The van der Waals surface area contributed by atoms with Gasteiger partial charge in [0.05, 0.1) is 4.90 Å². The fourth-order valence-corrected chi connectivity index (χ4v) is 3.35. The van der Waals surface area contributed by atoms with E-state index in [1.807, 2.05) is 0 Å². The van der Waals surface area contributed by atoms with Gasteiger partial charge in [-0.1, -0.05) is 12.8 Å². The maximum atomic E-state index is 12.4. The molecular formula is C13H17F3N2O2S. The molecule has 1 aliphatic rings. The minimum absolute atomic E-state index is 0.246. The number of hydrogen-bond acceptors (Lipinski definition) is 4. The van der Waals surface area contributed by atoms with Gasteiger partial charge in [-0.3, -0.25) is 0 Å². The second-order valence-corrected chi connectivity index (χ2v) is 7.23. The molecule has 1 aliphatic carbocycles. The molecule has 0 aliphatic heterocycles. The van der Waals surface area contributed by atoms with Gasteiger partial charge in [-0.15, -0.1) is 0 Å². The summed E-state index contributed by atoms with van der Waals surface area (Å²) >= 11 is 0. The Bertz CT molecular complexity index is 591. The van der Waals surface area contributed by atoms with E-state index in [-0.39, 0.29) is 5.54 Å². The molecule has 0 heterocycles. The summed E-state index contributed by atoms with van der Waals surface area (Å²) in [6, 6.07) is 4.61. The predicted octanol–water partition coefficient (Wildman–Crippen LogP) is 2.66. The van der Waals surface area contributed by atoms with Crippen LogP contribution in [0.5, 0.6) is 0 Å². The average molecular weight is 322 g/mol. The van der Waals surface area contributed by atoms with Crippen LogP contribution in [0.2, 0.25) is 0 Å². The molecule has 0 bridgehead atoms. The van der Waals surface area contributed by atoms with E-state index in [2.05, 4.69) is 5.32 Å². The summed E-state index contributed by atoms with van der Waals surface area (Å²) in [5.41, 5.74) is 0.807. The van der Waals surface area contributed by atoms with Gasteiger partial charge in [0.2, 0.25) is 0 Å². The molecule has 8 heteroatoms. The zero-order valence-corrected chi connectivity index (χ0v) is 12.1. The molecule has 0 unspecified atom stereocenters. The van der Waals surface area contributed by atoms with Crippen LogP contribution < -0.4 is 11.1 Å². The lowest BCUT2D eigenvalue weighted by Crippen LogP contribution is -2.42. The minimum atomic E-state index is -5.29. The summed E-state index contributed by atoms with van der Waals surface area (Å²) in [5.74, 6) is 0. The third-order valence-electron chi connectivity index (χ3n) is 3.83. The van der Waals surface area contributed by atoms with Gasteiger partial charge in [0.25, 0.3) is 9.84 Å². The second kappa shape index (κ2) is 5.49. The first kappa shape index (κ1) is 16.1. The summed E-state index contributed by atoms with van der Waals surface area (Å²) in [5, 5.41) is 3.22. The van der Waals surface area contributed by atoms with Crippen molar-refractivity contribution in [2.45, 2.75) is 41.6 Å². The lowest BCUT2D eigenvalue weighted by atomic mass is 9.97. The van der Waals surface area contributed by atoms with Crippen LogP contribution in [-0.2, 0) is 9.84 Å².